The van der Waals surface area contributed by atoms with Gasteiger partial charge < -0.3 is 15.5 Å². The molecule has 0 spiro atoms. The Balaban J connectivity index is 2.17. The second kappa shape index (κ2) is 7.14. The number of aryl methyl sites for hydroxylation is 1. The van der Waals surface area contributed by atoms with Crippen LogP contribution in [-0.4, -0.2) is 38.7 Å². The Hall–Kier alpha value is -1.87. The van der Waals surface area contributed by atoms with Crippen LogP contribution in [0.1, 0.15) is 23.1 Å². The summed E-state index contributed by atoms with van der Waals surface area (Å²) >= 11 is 4.42. The van der Waals surface area contributed by atoms with Crippen molar-refractivity contribution in [3.05, 3.63) is 27.2 Å². The van der Waals surface area contributed by atoms with E-state index in [9.17, 15) is 14.7 Å². The first-order valence-electron chi connectivity index (χ1n) is 6.58. The van der Waals surface area contributed by atoms with Gasteiger partial charge in [0.2, 0.25) is 5.91 Å². The Morgan fingerprint density at radius 1 is 1.52 bits per heavy atom. The van der Waals surface area contributed by atoms with Crippen LogP contribution in [0.25, 0.3) is 0 Å². The maximum absolute atomic E-state index is 11.6. The lowest BCUT2D eigenvalue weighted by atomic mass is 10.0. The number of hydrogen-bond acceptors (Lipinski definition) is 6. The molecular formula is C14H14BrN3O4S. The van der Waals surface area contributed by atoms with Gasteiger partial charge >= 0.3 is 5.97 Å². The average Bonchev–Trinajstić information content (AvgIpc) is 2.80. The lowest BCUT2D eigenvalue weighted by molar-refractivity contribution is -0.138. The van der Waals surface area contributed by atoms with Gasteiger partial charge in [0.15, 0.2) is 5.17 Å². The lowest BCUT2D eigenvalue weighted by Crippen LogP contribution is -2.26. The Morgan fingerprint density at radius 2 is 2.22 bits per heavy atom. The van der Waals surface area contributed by atoms with Crippen molar-refractivity contribution in [2.75, 3.05) is 0 Å². The van der Waals surface area contributed by atoms with Crippen molar-refractivity contribution >= 4 is 51.0 Å². The van der Waals surface area contributed by atoms with Crippen LogP contribution >= 0.6 is 27.7 Å². The fourth-order valence-electron chi connectivity index (χ4n) is 1.93. The third kappa shape index (κ3) is 4.11. The number of carbonyl (C=O) groups is 2. The van der Waals surface area contributed by atoms with Crippen molar-refractivity contribution < 1.29 is 19.8 Å². The quantitative estimate of drug-likeness (QED) is 0.530. The number of phenols is 1. The van der Waals surface area contributed by atoms with E-state index >= 15 is 0 Å². The number of carboxylic acids is 1. The second-order valence-electron chi connectivity index (χ2n) is 4.91. The van der Waals surface area contributed by atoms with Crippen molar-refractivity contribution in [2.45, 2.75) is 25.5 Å². The molecule has 1 heterocycles. The fourth-order valence-corrected chi connectivity index (χ4v) is 3.40. The predicted octanol–water partition coefficient (Wildman–Crippen LogP) is 2.17. The number of aliphatic carboxylic acids is 1. The number of rotatable bonds is 4. The molecule has 2 rings (SSSR count). The third-order valence-electron chi connectivity index (χ3n) is 3.21. The molecule has 0 aromatic heterocycles. The number of nitrogens with one attached hydrogen (secondary N) is 1. The topological polar surface area (TPSA) is 111 Å². The van der Waals surface area contributed by atoms with E-state index in [1.54, 1.807) is 13.0 Å². The van der Waals surface area contributed by atoms with Crippen LogP contribution in [0.5, 0.6) is 5.75 Å². The van der Waals surface area contributed by atoms with Crippen LogP contribution in [-0.2, 0) is 9.59 Å². The summed E-state index contributed by atoms with van der Waals surface area (Å²) in [7, 11) is 0. The first kappa shape index (κ1) is 17.5. The molecule has 1 amide bonds. The molecule has 1 aromatic carbocycles. The zero-order valence-corrected chi connectivity index (χ0v) is 14.7. The third-order valence-corrected chi connectivity index (χ3v) is 5.10. The maximum atomic E-state index is 11.6. The summed E-state index contributed by atoms with van der Waals surface area (Å²) in [6.07, 6.45) is 1.12. The molecular weight excluding hydrogens is 386 g/mol. The minimum Gasteiger partial charge on any atom is -0.507 e. The molecule has 0 saturated carbocycles. The Kier molecular flexibility index (Phi) is 5.42. The van der Waals surface area contributed by atoms with Crippen LogP contribution < -0.4 is 5.32 Å². The van der Waals surface area contributed by atoms with E-state index in [-0.39, 0.29) is 17.3 Å². The number of amidine groups is 1. The monoisotopic (exact) mass is 399 g/mol. The van der Waals surface area contributed by atoms with E-state index < -0.39 is 17.1 Å². The van der Waals surface area contributed by atoms with E-state index in [2.05, 4.69) is 31.4 Å². The summed E-state index contributed by atoms with van der Waals surface area (Å²) in [5.74, 6) is -1.34. The highest BCUT2D eigenvalue weighted by Crippen LogP contribution is 2.30. The minimum atomic E-state index is -1.05. The Bertz CT molecular complexity index is 707. The molecule has 0 aliphatic carbocycles. The smallest absolute Gasteiger partial charge is 0.305 e. The van der Waals surface area contributed by atoms with Gasteiger partial charge in [-0.25, -0.2) is 0 Å². The van der Waals surface area contributed by atoms with Crippen molar-refractivity contribution in [1.82, 2.24) is 5.32 Å². The number of halogens is 1. The molecule has 122 valence electrons. The van der Waals surface area contributed by atoms with E-state index in [0.29, 0.717) is 11.1 Å². The van der Waals surface area contributed by atoms with Gasteiger partial charge in [-0.1, -0.05) is 27.7 Å². The summed E-state index contributed by atoms with van der Waals surface area (Å²) in [5, 5.41) is 28.5. The van der Waals surface area contributed by atoms with Crippen LogP contribution in [0, 0.1) is 13.8 Å². The van der Waals surface area contributed by atoms with Crippen LogP contribution in [0.4, 0.5) is 0 Å². The molecule has 1 aliphatic rings. The first-order chi connectivity index (χ1) is 10.8. The van der Waals surface area contributed by atoms with Crippen molar-refractivity contribution in [2.24, 2.45) is 10.2 Å². The standard InChI is InChI=1S/C14H14BrN3O4S/c1-6-3-9(15)7(2)8(12(6)21)5-16-18-14-17-13(22)10(23-14)4-11(19)20/h3,5,10,21H,4H2,1-2H3,(H,19,20)(H,17,18,22). The number of carboxylic acid groups (broad SMARTS) is 1. The summed E-state index contributed by atoms with van der Waals surface area (Å²) in [6.45, 7) is 3.60. The summed E-state index contributed by atoms with van der Waals surface area (Å²) < 4.78 is 0.840. The van der Waals surface area contributed by atoms with Gasteiger partial charge in [-0.05, 0) is 31.0 Å². The first-order valence-corrected chi connectivity index (χ1v) is 8.26. The number of hydrogen-bond donors (Lipinski definition) is 3. The fraction of sp³-hybridized carbons (Fsp3) is 0.286. The second-order valence-corrected chi connectivity index (χ2v) is 6.95. The number of phenolic OH excluding ortho intramolecular Hbond substituents is 1. The van der Waals surface area contributed by atoms with Crippen molar-refractivity contribution in [3.63, 3.8) is 0 Å². The number of nitrogens with zero attached hydrogens (tertiary/aromatic N) is 2. The number of thioether (sulfide) groups is 1. The summed E-state index contributed by atoms with van der Waals surface area (Å²) in [6, 6.07) is 1.80. The van der Waals surface area contributed by atoms with E-state index in [4.69, 9.17) is 5.11 Å². The van der Waals surface area contributed by atoms with Crippen LogP contribution in [0.3, 0.4) is 0 Å². The number of carbonyl (C=O) groups excluding carboxylic acids is 1. The Labute approximate surface area is 145 Å². The number of benzene rings is 1. The highest BCUT2D eigenvalue weighted by atomic mass is 79.9. The molecule has 9 heteroatoms. The number of aromatic hydroxyl groups is 1. The van der Waals surface area contributed by atoms with Crippen molar-refractivity contribution in [3.8, 4) is 5.75 Å². The molecule has 1 fully saturated rings. The molecule has 0 radical (unpaired) electrons. The van der Waals surface area contributed by atoms with Crippen LogP contribution in [0.15, 0.2) is 20.7 Å². The van der Waals surface area contributed by atoms with Gasteiger partial charge in [-0.3, -0.25) is 9.59 Å². The van der Waals surface area contributed by atoms with E-state index in [1.807, 2.05) is 6.92 Å². The number of amides is 1. The molecule has 1 saturated heterocycles. The minimum absolute atomic E-state index is 0.113. The van der Waals surface area contributed by atoms with Gasteiger partial charge in [0.25, 0.3) is 0 Å². The molecule has 23 heavy (non-hydrogen) atoms. The zero-order valence-electron chi connectivity index (χ0n) is 12.3. The van der Waals surface area contributed by atoms with Gasteiger partial charge in [-0.2, -0.15) is 5.10 Å². The van der Waals surface area contributed by atoms with E-state index in [1.165, 1.54) is 6.21 Å². The highest BCUT2D eigenvalue weighted by Gasteiger charge is 2.32. The van der Waals surface area contributed by atoms with Gasteiger partial charge in [0, 0.05) is 10.0 Å². The van der Waals surface area contributed by atoms with Crippen molar-refractivity contribution in [1.29, 1.82) is 0 Å². The molecule has 1 unspecified atom stereocenters. The van der Waals surface area contributed by atoms with Gasteiger partial charge in [0.05, 0.1) is 12.6 Å². The van der Waals surface area contributed by atoms with Gasteiger partial charge in [0.1, 0.15) is 11.0 Å². The highest BCUT2D eigenvalue weighted by molar-refractivity contribution is 9.10. The van der Waals surface area contributed by atoms with E-state index in [0.717, 1.165) is 21.8 Å². The predicted molar refractivity (Wildman–Crippen MR) is 92.1 cm³/mol. The molecule has 3 N–H and O–H groups in total. The largest absolute Gasteiger partial charge is 0.507 e. The molecule has 1 atom stereocenters. The Morgan fingerprint density at radius 3 is 2.87 bits per heavy atom. The maximum Gasteiger partial charge on any atom is 0.305 e. The normalized spacial score (nSPS) is 19.5. The molecule has 7 nitrogen and oxygen atoms in total. The molecule has 1 aliphatic heterocycles. The average molecular weight is 400 g/mol. The zero-order chi connectivity index (χ0) is 17.1. The van der Waals surface area contributed by atoms with Crippen LogP contribution in [0.2, 0.25) is 0 Å². The summed E-state index contributed by atoms with van der Waals surface area (Å²) in [5.41, 5.74) is 2.03. The SMILES string of the molecule is Cc1cc(Br)c(C)c(C=NN=C2NC(=O)C(CC(=O)O)S2)c1O. The lowest BCUT2D eigenvalue weighted by Gasteiger charge is -2.08. The summed E-state index contributed by atoms with van der Waals surface area (Å²) in [4.78, 5) is 22.2. The van der Waals surface area contributed by atoms with Gasteiger partial charge in [-0.15, -0.1) is 5.10 Å². The molecule has 0 bridgehead atoms. The molecule has 1 aromatic rings.